The Bertz CT molecular complexity index is 988. The average Bonchev–Trinajstić information content (AvgIpc) is 3.00. The molecule has 0 spiro atoms. The molecule has 1 aromatic carbocycles. The van der Waals surface area contributed by atoms with Gasteiger partial charge in [-0.3, -0.25) is 10.1 Å². The highest BCUT2D eigenvalue weighted by molar-refractivity contribution is 7.89. The number of rotatable bonds is 9. The molecule has 0 saturated heterocycles. The molecular formula is C17H24N6O4S2. The van der Waals surface area contributed by atoms with E-state index >= 15 is 0 Å². The number of aryl methyl sites for hydroxylation is 2. The van der Waals surface area contributed by atoms with E-state index < -0.39 is 14.9 Å². The minimum atomic E-state index is -3.85. The number of hydrogen-bond acceptors (Lipinski definition) is 7. The molecule has 0 amide bonds. The van der Waals surface area contributed by atoms with E-state index in [1.165, 1.54) is 18.2 Å². The number of thiazole rings is 1. The molecule has 1 aromatic heterocycles. The number of aliphatic imine (C=N–C) groups is 1. The fourth-order valence-electron chi connectivity index (χ4n) is 2.43. The van der Waals surface area contributed by atoms with E-state index in [-0.39, 0.29) is 17.1 Å². The van der Waals surface area contributed by atoms with Gasteiger partial charge in [-0.15, -0.1) is 11.3 Å². The summed E-state index contributed by atoms with van der Waals surface area (Å²) in [5.74, 6) is 0.562. The average molecular weight is 441 g/mol. The lowest BCUT2D eigenvalue weighted by molar-refractivity contribution is -0.385. The number of guanidine groups is 1. The zero-order valence-corrected chi connectivity index (χ0v) is 18.1. The van der Waals surface area contributed by atoms with Crippen LogP contribution < -0.4 is 15.4 Å². The molecule has 0 saturated carbocycles. The summed E-state index contributed by atoms with van der Waals surface area (Å²) in [5, 5.41) is 18.0. The van der Waals surface area contributed by atoms with Crippen LogP contribution in [-0.2, 0) is 16.6 Å². The molecule has 0 bridgehead atoms. The highest BCUT2D eigenvalue weighted by Gasteiger charge is 2.17. The Morgan fingerprint density at radius 3 is 2.66 bits per heavy atom. The van der Waals surface area contributed by atoms with E-state index in [0.29, 0.717) is 25.6 Å². The van der Waals surface area contributed by atoms with Gasteiger partial charge in [0, 0.05) is 36.6 Å². The Balaban J connectivity index is 1.92. The van der Waals surface area contributed by atoms with Gasteiger partial charge in [-0.25, -0.2) is 23.1 Å². The molecule has 0 radical (unpaired) electrons. The first-order valence-corrected chi connectivity index (χ1v) is 11.2. The Labute approximate surface area is 173 Å². The van der Waals surface area contributed by atoms with Crippen LogP contribution in [0.4, 0.5) is 5.69 Å². The number of nitrogens with zero attached hydrogens (tertiary/aromatic N) is 3. The molecule has 10 nitrogen and oxygen atoms in total. The molecule has 2 aromatic rings. The maximum absolute atomic E-state index is 12.3. The molecule has 0 aliphatic rings. The number of hydrogen-bond donors (Lipinski definition) is 3. The van der Waals surface area contributed by atoms with Gasteiger partial charge in [-0.1, -0.05) is 6.07 Å². The molecule has 0 aliphatic carbocycles. The van der Waals surface area contributed by atoms with Crippen LogP contribution in [0.25, 0.3) is 0 Å². The van der Waals surface area contributed by atoms with E-state index in [1.807, 2.05) is 20.8 Å². The van der Waals surface area contributed by atoms with Gasteiger partial charge in [-0.2, -0.15) is 0 Å². The predicted octanol–water partition coefficient (Wildman–Crippen LogP) is 1.70. The smallest absolute Gasteiger partial charge is 0.270 e. The highest BCUT2D eigenvalue weighted by Crippen LogP contribution is 2.18. The van der Waals surface area contributed by atoms with Crippen molar-refractivity contribution >= 4 is 33.0 Å². The van der Waals surface area contributed by atoms with Crippen molar-refractivity contribution in [2.75, 3.05) is 19.6 Å². The van der Waals surface area contributed by atoms with Crippen LogP contribution in [0.5, 0.6) is 0 Å². The Morgan fingerprint density at radius 2 is 2.03 bits per heavy atom. The third kappa shape index (κ3) is 6.76. The summed E-state index contributed by atoms with van der Waals surface area (Å²) >= 11 is 1.59. The first kappa shape index (κ1) is 22.7. The Morgan fingerprint density at radius 1 is 1.28 bits per heavy atom. The number of nitrogens with one attached hydrogen (secondary N) is 3. The van der Waals surface area contributed by atoms with Gasteiger partial charge in [-0.05, 0) is 26.8 Å². The second-order valence-corrected chi connectivity index (χ2v) is 9.07. The summed E-state index contributed by atoms with van der Waals surface area (Å²) in [6.07, 6.45) is 0. The third-order valence-electron chi connectivity index (χ3n) is 3.77. The topological polar surface area (TPSA) is 139 Å². The maximum atomic E-state index is 12.3. The SMILES string of the molecule is CCNC(=NCc1sc(C)nc1C)NCCNS(=O)(=O)c1cccc([N+](=O)[O-])c1. The summed E-state index contributed by atoms with van der Waals surface area (Å²) in [5.41, 5.74) is 0.679. The first-order chi connectivity index (χ1) is 13.7. The molecule has 158 valence electrons. The number of benzene rings is 1. The molecule has 1 heterocycles. The lowest BCUT2D eigenvalue weighted by atomic mass is 10.3. The number of sulfonamides is 1. The fourth-order valence-corrected chi connectivity index (χ4v) is 4.36. The Kier molecular flexibility index (Phi) is 8.05. The third-order valence-corrected chi connectivity index (χ3v) is 6.29. The maximum Gasteiger partial charge on any atom is 0.270 e. The molecular weight excluding hydrogens is 416 g/mol. The van der Waals surface area contributed by atoms with Gasteiger partial charge in [0.05, 0.1) is 27.1 Å². The van der Waals surface area contributed by atoms with Gasteiger partial charge in [0.2, 0.25) is 10.0 Å². The summed E-state index contributed by atoms with van der Waals surface area (Å²) in [4.78, 5) is 20.0. The molecule has 0 fully saturated rings. The second kappa shape index (κ2) is 10.3. The second-order valence-electron chi connectivity index (χ2n) is 6.02. The zero-order chi connectivity index (χ0) is 21.4. The molecule has 0 unspecified atom stereocenters. The highest BCUT2D eigenvalue weighted by atomic mass is 32.2. The van der Waals surface area contributed by atoms with Gasteiger partial charge in [0.1, 0.15) is 0 Å². The van der Waals surface area contributed by atoms with E-state index in [4.69, 9.17) is 0 Å². The van der Waals surface area contributed by atoms with E-state index in [9.17, 15) is 18.5 Å². The number of aromatic nitrogens is 1. The largest absolute Gasteiger partial charge is 0.357 e. The standard InChI is InChI=1S/C17H24N6O4S2/c1-4-18-17(20-11-16-12(2)22-13(3)28-16)19-8-9-21-29(26,27)15-7-5-6-14(10-15)23(24)25/h5-7,10,21H,4,8-9,11H2,1-3H3,(H2,18,19,20). The van der Waals surface area contributed by atoms with Crippen LogP contribution in [0.2, 0.25) is 0 Å². The zero-order valence-electron chi connectivity index (χ0n) is 16.4. The van der Waals surface area contributed by atoms with E-state index in [1.54, 1.807) is 11.3 Å². The molecule has 29 heavy (non-hydrogen) atoms. The van der Waals surface area contributed by atoms with Gasteiger partial charge >= 0.3 is 0 Å². The monoisotopic (exact) mass is 440 g/mol. The van der Waals surface area contributed by atoms with Crippen molar-refractivity contribution in [3.8, 4) is 0 Å². The van der Waals surface area contributed by atoms with Crippen LogP contribution in [0.3, 0.4) is 0 Å². The van der Waals surface area contributed by atoms with Crippen LogP contribution in [-0.4, -0.2) is 43.9 Å². The summed E-state index contributed by atoms with van der Waals surface area (Å²) in [6.45, 7) is 7.34. The fraction of sp³-hybridized carbons (Fsp3) is 0.412. The van der Waals surface area contributed by atoms with Crippen LogP contribution in [0, 0.1) is 24.0 Å². The Hall–Kier alpha value is -2.57. The first-order valence-electron chi connectivity index (χ1n) is 8.92. The lowest BCUT2D eigenvalue weighted by Gasteiger charge is -2.12. The normalized spacial score (nSPS) is 12.0. The quantitative estimate of drug-likeness (QED) is 0.177. The van der Waals surface area contributed by atoms with Crippen LogP contribution >= 0.6 is 11.3 Å². The minimum absolute atomic E-state index is 0.0914. The summed E-state index contributed by atoms with van der Waals surface area (Å²) < 4.78 is 27.1. The molecule has 0 atom stereocenters. The van der Waals surface area contributed by atoms with Gasteiger partial charge in [0.25, 0.3) is 5.69 Å². The molecule has 3 N–H and O–H groups in total. The van der Waals surface area contributed by atoms with Gasteiger partial charge < -0.3 is 10.6 Å². The summed E-state index contributed by atoms with van der Waals surface area (Å²) in [7, 11) is -3.85. The number of nitro benzene ring substituents is 1. The van der Waals surface area contributed by atoms with Crippen molar-refractivity contribution in [1.29, 1.82) is 0 Å². The van der Waals surface area contributed by atoms with E-state index in [2.05, 4.69) is 25.3 Å². The molecule has 12 heteroatoms. The minimum Gasteiger partial charge on any atom is -0.357 e. The molecule has 0 aliphatic heterocycles. The van der Waals surface area contributed by atoms with Crippen molar-refractivity contribution in [2.45, 2.75) is 32.2 Å². The van der Waals surface area contributed by atoms with E-state index in [0.717, 1.165) is 21.6 Å². The number of nitro groups is 1. The predicted molar refractivity (Wildman–Crippen MR) is 113 cm³/mol. The van der Waals surface area contributed by atoms with Crippen molar-refractivity contribution in [3.05, 3.63) is 50.0 Å². The van der Waals surface area contributed by atoms with Crippen molar-refractivity contribution < 1.29 is 13.3 Å². The van der Waals surface area contributed by atoms with Crippen molar-refractivity contribution in [2.24, 2.45) is 4.99 Å². The summed E-state index contributed by atoms with van der Waals surface area (Å²) in [6, 6.07) is 4.92. The van der Waals surface area contributed by atoms with Crippen molar-refractivity contribution in [3.63, 3.8) is 0 Å². The van der Waals surface area contributed by atoms with Crippen molar-refractivity contribution in [1.82, 2.24) is 20.3 Å². The molecule has 2 rings (SSSR count). The van der Waals surface area contributed by atoms with Crippen LogP contribution in [0.15, 0.2) is 34.2 Å². The lowest BCUT2D eigenvalue weighted by Crippen LogP contribution is -2.41. The number of non-ortho nitro benzene ring substituents is 1. The van der Waals surface area contributed by atoms with Gasteiger partial charge in [0.15, 0.2) is 5.96 Å². The van der Waals surface area contributed by atoms with Crippen LogP contribution in [0.1, 0.15) is 22.5 Å².